The molecule has 0 fully saturated rings. The van der Waals surface area contributed by atoms with Crippen molar-refractivity contribution < 1.29 is 9.21 Å². The Morgan fingerprint density at radius 2 is 2.00 bits per heavy atom. The lowest BCUT2D eigenvalue weighted by Crippen LogP contribution is -1.92. The highest BCUT2D eigenvalue weighted by molar-refractivity contribution is 6.04. The quantitative estimate of drug-likeness (QED) is 0.350. The predicted octanol–water partition coefficient (Wildman–Crippen LogP) is 4.24. The minimum absolute atomic E-state index is 0.0484. The van der Waals surface area contributed by atoms with Gasteiger partial charge in [0.1, 0.15) is 0 Å². The van der Waals surface area contributed by atoms with Crippen LogP contribution in [0.2, 0.25) is 0 Å². The van der Waals surface area contributed by atoms with Gasteiger partial charge in [0.25, 0.3) is 0 Å². The molecule has 2 nitrogen and oxygen atoms in total. The Bertz CT molecular complexity index is 610. The molecule has 0 aliphatic heterocycles. The number of benzene rings is 1. The second-order valence-corrected chi connectivity index (χ2v) is 4.30. The van der Waals surface area contributed by atoms with Gasteiger partial charge >= 0.3 is 0 Å². The summed E-state index contributed by atoms with van der Waals surface area (Å²) in [6.45, 7) is 0. The van der Waals surface area contributed by atoms with Gasteiger partial charge in [0.2, 0.25) is 0 Å². The zero-order valence-corrected chi connectivity index (χ0v) is 11.2. The van der Waals surface area contributed by atoms with Crippen molar-refractivity contribution in [1.82, 2.24) is 0 Å². The van der Waals surface area contributed by atoms with Gasteiger partial charge in [-0.2, -0.15) is 0 Å². The molecular weight excluding hydrogens is 248 g/mol. The van der Waals surface area contributed by atoms with Crippen LogP contribution in [0.4, 0.5) is 0 Å². The van der Waals surface area contributed by atoms with Crippen molar-refractivity contribution in [2.45, 2.75) is 19.3 Å². The maximum Gasteiger partial charge on any atom is 0.185 e. The minimum Gasteiger partial charge on any atom is -0.456 e. The van der Waals surface area contributed by atoms with E-state index in [1.807, 2.05) is 48.5 Å². The van der Waals surface area contributed by atoms with Gasteiger partial charge in [-0.05, 0) is 37.0 Å². The van der Waals surface area contributed by atoms with Gasteiger partial charge < -0.3 is 4.42 Å². The fourth-order valence-corrected chi connectivity index (χ4v) is 1.70. The molecule has 20 heavy (non-hydrogen) atoms. The Hall–Kier alpha value is -2.53. The van der Waals surface area contributed by atoms with E-state index in [0.29, 0.717) is 5.76 Å². The molecule has 0 spiro atoms. The summed E-state index contributed by atoms with van der Waals surface area (Å²) in [5.74, 6) is 6.73. The smallest absolute Gasteiger partial charge is 0.185 e. The molecule has 0 saturated carbocycles. The molecule has 100 valence electrons. The summed E-state index contributed by atoms with van der Waals surface area (Å²) in [5, 5.41) is 0. The van der Waals surface area contributed by atoms with Crippen molar-refractivity contribution in [2.75, 3.05) is 0 Å². The monoisotopic (exact) mass is 264 g/mol. The van der Waals surface area contributed by atoms with Gasteiger partial charge in [-0.15, -0.1) is 0 Å². The number of rotatable bonds is 5. The summed E-state index contributed by atoms with van der Waals surface area (Å²) in [5.41, 5.74) is 0.723. The summed E-state index contributed by atoms with van der Waals surface area (Å²) in [4.78, 5) is 11.8. The van der Waals surface area contributed by atoms with E-state index in [1.54, 1.807) is 12.3 Å². The van der Waals surface area contributed by atoms with E-state index in [0.717, 1.165) is 24.8 Å². The van der Waals surface area contributed by atoms with Crippen LogP contribution in [0, 0.1) is 11.8 Å². The Morgan fingerprint density at radius 3 is 2.75 bits per heavy atom. The number of hydrogen-bond donors (Lipinski definition) is 0. The van der Waals surface area contributed by atoms with Crippen LogP contribution in [0.5, 0.6) is 0 Å². The van der Waals surface area contributed by atoms with Crippen molar-refractivity contribution in [3.63, 3.8) is 0 Å². The molecule has 0 unspecified atom stereocenters. The molecule has 0 atom stereocenters. The van der Waals surface area contributed by atoms with Gasteiger partial charge in [-0.3, -0.25) is 4.79 Å². The summed E-state index contributed by atoms with van der Waals surface area (Å²) in [6.07, 6.45) is 7.74. The highest BCUT2D eigenvalue weighted by atomic mass is 16.3. The number of hydrogen-bond acceptors (Lipinski definition) is 2. The lowest BCUT2D eigenvalue weighted by Gasteiger charge is -1.93. The van der Waals surface area contributed by atoms with E-state index in [9.17, 15) is 4.79 Å². The third kappa shape index (κ3) is 4.62. The molecule has 0 bridgehead atoms. The number of allylic oxidation sites excluding steroid dienone is 2. The first-order valence-electron chi connectivity index (χ1n) is 6.64. The Labute approximate surface area is 119 Å². The zero-order valence-electron chi connectivity index (χ0n) is 11.2. The highest BCUT2D eigenvalue weighted by Gasteiger charge is 1.98. The normalized spacial score (nSPS) is 10.2. The lowest BCUT2D eigenvalue weighted by atomic mass is 10.1. The van der Waals surface area contributed by atoms with E-state index in [-0.39, 0.29) is 5.78 Å². The molecular formula is C18H16O2. The van der Waals surface area contributed by atoms with Crippen LogP contribution in [0.3, 0.4) is 0 Å². The van der Waals surface area contributed by atoms with Gasteiger partial charge in [0.15, 0.2) is 11.5 Å². The van der Waals surface area contributed by atoms with Crippen LogP contribution in [0.15, 0.2) is 65.3 Å². The van der Waals surface area contributed by atoms with Gasteiger partial charge in [0.05, 0.1) is 6.26 Å². The highest BCUT2D eigenvalue weighted by Crippen LogP contribution is 2.03. The molecule has 0 N–H and O–H groups in total. The molecule has 1 aromatic heterocycles. The molecule has 0 aliphatic rings. The molecule has 2 heteroatoms. The first-order chi connectivity index (χ1) is 9.86. The second kappa shape index (κ2) is 7.81. The standard InChI is InChI=1S/C18H16O2/c19-18(16-10-5-4-6-11-16)14-8-3-1-2-7-12-17-13-9-15-20-17/h4-6,8-11,13-15H,1-3H2/b14-8+. The lowest BCUT2D eigenvalue weighted by molar-refractivity contribution is 0.104. The largest absolute Gasteiger partial charge is 0.456 e. The molecule has 1 aromatic carbocycles. The van der Waals surface area contributed by atoms with Crippen molar-refractivity contribution in [3.05, 3.63) is 72.2 Å². The Kier molecular flexibility index (Phi) is 5.42. The predicted molar refractivity (Wildman–Crippen MR) is 79.3 cm³/mol. The first kappa shape index (κ1) is 13.9. The Balaban J connectivity index is 1.68. The SMILES string of the molecule is O=C(/C=C/CCCC#Cc1ccco1)c1ccccc1. The van der Waals surface area contributed by atoms with Crippen LogP contribution in [-0.2, 0) is 0 Å². The molecule has 0 radical (unpaired) electrons. The van der Waals surface area contributed by atoms with Crippen molar-refractivity contribution in [3.8, 4) is 11.8 Å². The summed E-state index contributed by atoms with van der Waals surface area (Å²) >= 11 is 0. The molecule has 2 rings (SSSR count). The average molecular weight is 264 g/mol. The van der Waals surface area contributed by atoms with Gasteiger partial charge in [-0.25, -0.2) is 0 Å². The molecule has 0 aliphatic carbocycles. The summed E-state index contributed by atoms with van der Waals surface area (Å²) < 4.78 is 5.11. The maximum absolute atomic E-state index is 11.8. The van der Waals surface area contributed by atoms with Crippen LogP contribution in [0.25, 0.3) is 0 Å². The maximum atomic E-state index is 11.8. The van der Waals surface area contributed by atoms with Crippen LogP contribution in [-0.4, -0.2) is 5.78 Å². The first-order valence-corrected chi connectivity index (χ1v) is 6.64. The number of carbonyl (C=O) groups is 1. The van der Waals surface area contributed by atoms with Crippen molar-refractivity contribution >= 4 is 5.78 Å². The van der Waals surface area contributed by atoms with E-state index in [1.165, 1.54) is 0 Å². The van der Waals surface area contributed by atoms with E-state index in [2.05, 4.69) is 11.8 Å². The van der Waals surface area contributed by atoms with Crippen LogP contribution in [0.1, 0.15) is 35.4 Å². The summed E-state index contributed by atoms with van der Waals surface area (Å²) in [7, 11) is 0. The second-order valence-electron chi connectivity index (χ2n) is 4.30. The fraction of sp³-hybridized carbons (Fsp3) is 0.167. The van der Waals surface area contributed by atoms with E-state index in [4.69, 9.17) is 4.42 Å². The average Bonchev–Trinajstić information content (AvgIpc) is 3.00. The molecule has 1 heterocycles. The van der Waals surface area contributed by atoms with Crippen LogP contribution >= 0.6 is 0 Å². The third-order valence-corrected chi connectivity index (χ3v) is 2.73. The molecule has 2 aromatic rings. The number of carbonyl (C=O) groups excluding carboxylic acids is 1. The van der Waals surface area contributed by atoms with Gasteiger partial charge in [-0.1, -0.05) is 42.3 Å². The summed E-state index contributed by atoms with van der Waals surface area (Å²) in [6, 6.07) is 12.9. The topological polar surface area (TPSA) is 30.2 Å². The number of unbranched alkanes of at least 4 members (excludes halogenated alkanes) is 2. The molecule has 0 amide bonds. The van der Waals surface area contributed by atoms with Crippen molar-refractivity contribution in [1.29, 1.82) is 0 Å². The van der Waals surface area contributed by atoms with E-state index < -0.39 is 0 Å². The van der Waals surface area contributed by atoms with E-state index >= 15 is 0 Å². The third-order valence-electron chi connectivity index (χ3n) is 2.73. The number of furan rings is 1. The zero-order chi connectivity index (χ0) is 14.0. The van der Waals surface area contributed by atoms with Gasteiger partial charge in [0, 0.05) is 12.0 Å². The fourth-order valence-electron chi connectivity index (χ4n) is 1.70. The Morgan fingerprint density at radius 1 is 1.15 bits per heavy atom. The number of ketones is 1. The van der Waals surface area contributed by atoms with Crippen molar-refractivity contribution in [2.24, 2.45) is 0 Å². The van der Waals surface area contributed by atoms with Crippen LogP contribution < -0.4 is 0 Å². The minimum atomic E-state index is 0.0484. The molecule has 0 saturated heterocycles.